The minimum atomic E-state index is -0.0526. The summed E-state index contributed by atoms with van der Waals surface area (Å²) < 4.78 is 0. The van der Waals surface area contributed by atoms with Crippen molar-refractivity contribution in [2.45, 2.75) is 6.92 Å². The number of hydrogen-bond acceptors (Lipinski definition) is 2. The Balaban J connectivity index is 2.34. The molecule has 0 saturated carbocycles. The molecule has 0 aliphatic rings. The first-order valence-electron chi connectivity index (χ1n) is 6.24. The lowest BCUT2D eigenvalue weighted by Gasteiger charge is -2.19. The summed E-state index contributed by atoms with van der Waals surface area (Å²) in [6.07, 6.45) is 0. The molecular weight excluding hydrogens is 268 g/mol. The smallest absolute Gasteiger partial charge is 0.258 e. The predicted octanol–water partition coefficient (Wildman–Crippen LogP) is 2.91. The second kappa shape index (κ2) is 5.84. The van der Waals surface area contributed by atoms with Crippen LogP contribution < -0.4 is 10.6 Å². The minimum Gasteiger partial charge on any atom is -0.389 e. The Morgan fingerprint density at radius 3 is 2.50 bits per heavy atom. The minimum absolute atomic E-state index is 0.0526. The van der Waals surface area contributed by atoms with Crippen molar-refractivity contribution in [1.82, 2.24) is 0 Å². The maximum atomic E-state index is 12.5. The molecule has 0 unspecified atom stereocenters. The molecule has 0 aliphatic carbocycles. The van der Waals surface area contributed by atoms with E-state index in [1.54, 1.807) is 11.9 Å². The third kappa shape index (κ3) is 2.86. The first-order chi connectivity index (χ1) is 9.50. The van der Waals surface area contributed by atoms with Gasteiger partial charge >= 0.3 is 0 Å². The van der Waals surface area contributed by atoms with Gasteiger partial charge in [0.2, 0.25) is 0 Å². The summed E-state index contributed by atoms with van der Waals surface area (Å²) in [6.45, 7) is 1.92. The lowest BCUT2D eigenvalue weighted by atomic mass is 10.1. The highest BCUT2D eigenvalue weighted by Crippen LogP contribution is 2.18. The van der Waals surface area contributed by atoms with Crippen LogP contribution in [-0.4, -0.2) is 17.9 Å². The summed E-state index contributed by atoms with van der Waals surface area (Å²) in [7, 11) is 1.74. The van der Waals surface area contributed by atoms with E-state index in [2.05, 4.69) is 0 Å². The Labute approximate surface area is 124 Å². The molecule has 0 spiro atoms. The standard InChI is InChI=1S/C16H16N2OS/c1-11-6-3-4-9-14(11)16(19)18(2)13-8-5-7-12(10-13)15(17)20/h3-10H,1-2H3,(H2,17,20). The van der Waals surface area contributed by atoms with Crippen molar-refractivity contribution in [1.29, 1.82) is 0 Å². The zero-order valence-corrected chi connectivity index (χ0v) is 12.3. The number of amides is 1. The molecule has 2 aromatic carbocycles. The summed E-state index contributed by atoms with van der Waals surface area (Å²) in [6, 6.07) is 14.9. The molecule has 4 heteroatoms. The Hall–Kier alpha value is -2.20. The number of carbonyl (C=O) groups is 1. The van der Waals surface area contributed by atoms with Gasteiger partial charge in [0.05, 0.1) is 0 Å². The lowest BCUT2D eigenvalue weighted by Crippen LogP contribution is -2.27. The van der Waals surface area contributed by atoms with Crippen LogP contribution in [0.15, 0.2) is 48.5 Å². The molecular formula is C16H16N2OS. The van der Waals surface area contributed by atoms with Crippen LogP contribution in [0.3, 0.4) is 0 Å². The monoisotopic (exact) mass is 284 g/mol. The summed E-state index contributed by atoms with van der Waals surface area (Å²) in [5.41, 5.74) is 8.79. The van der Waals surface area contributed by atoms with Crippen LogP contribution in [-0.2, 0) is 0 Å². The molecule has 2 rings (SSSR count). The van der Waals surface area contributed by atoms with Crippen LogP contribution in [0.4, 0.5) is 5.69 Å². The molecule has 0 radical (unpaired) electrons. The van der Waals surface area contributed by atoms with Gasteiger partial charge in [-0.2, -0.15) is 0 Å². The molecule has 0 fully saturated rings. The van der Waals surface area contributed by atoms with Crippen LogP contribution in [0.25, 0.3) is 0 Å². The maximum Gasteiger partial charge on any atom is 0.258 e. The number of anilines is 1. The van der Waals surface area contributed by atoms with Gasteiger partial charge in [-0.15, -0.1) is 0 Å². The van der Waals surface area contributed by atoms with Gasteiger partial charge in [0.25, 0.3) is 5.91 Å². The fourth-order valence-electron chi connectivity index (χ4n) is 1.98. The number of rotatable bonds is 3. The van der Waals surface area contributed by atoms with Gasteiger partial charge in [-0.25, -0.2) is 0 Å². The molecule has 0 bridgehead atoms. The number of benzene rings is 2. The SMILES string of the molecule is Cc1ccccc1C(=O)N(C)c1cccc(C(N)=S)c1. The van der Waals surface area contributed by atoms with E-state index in [1.165, 1.54) is 0 Å². The van der Waals surface area contributed by atoms with Crippen molar-refractivity contribution in [2.75, 3.05) is 11.9 Å². The largest absolute Gasteiger partial charge is 0.389 e. The zero-order valence-electron chi connectivity index (χ0n) is 11.5. The van der Waals surface area contributed by atoms with Gasteiger partial charge in [-0.1, -0.05) is 42.5 Å². The van der Waals surface area contributed by atoms with E-state index in [0.717, 1.165) is 16.8 Å². The molecule has 3 nitrogen and oxygen atoms in total. The van der Waals surface area contributed by atoms with Crippen molar-refractivity contribution in [2.24, 2.45) is 5.73 Å². The average molecular weight is 284 g/mol. The van der Waals surface area contributed by atoms with Gasteiger partial charge in [0.15, 0.2) is 0 Å². The summed E-state index contributed by atoms with van der Waals surface area (Å²) in [4.78, 5) is 14.4. The summed E-state index contributed by atoms with van der Waals surface area (Å²) in [5.74, 6) is -0.0526. The van der Waals surface area contributed by atoms with Crippen LogP contribution in [0, 0.1) is 6.92 Å². The highest BCUT2D eigenvalue weighted by Gasteiger charge is 2.15. The van der Waals surface area contributed by atoms with Crippen LogP contribution in [0.2, 0.25) is 0 Å². The first kappa shape index (κ1) is 14.2. The Bertz CT molecular complexity index is 667. The fraction of sp³-hybridized carbons (Fsp3) is 0.125. The lowest BCUT2D eigenvalue weighted by molar-refractivity contribution is 0.0992. The molecule has 0 heterocycles. The number of hydrogen-bond donors (Lipinski definition) is 1. The number of thiocarbonyl (C=S) groups is 1. The van der Waals surface area contributed by atoms with Gasteiger partial charge in [0, 0.05) is 23.9 Å². The van der Waals surface area contributed by atoms with Crippen molar-refractivity contribution >= 4 is 28.8 Å². The average Bonchev–Trinajstić information content (AvgIpc) is 2.46. The molecule has 0 aromatic heterocycles. The number of carbonyl (C=O) groups excluding carboxylic acids is 1. The quantitative estimate of drug-likeness (QED) is 0.882. The predicted molar refractivity (Wildman–Crippen MR) is 86.2 cm³/mol. The molecule has 0 aliphatic heterocycles. The van der Waals surface area contributed by atoms with Gasteiger partial charge in [-0.05, 0) is 30.7 Å². The third-order valence-corrected chi connectivity index (χ3v) is 3.43. The first-order valence-corrected chi connectivity index (χ1v) is 6.65. The zero-order chi connectivity index (χ0) is 14.7. The van der Waals surface area contributed by atoms with Crippen LogP contribution >= 0.6 is 12.2 Å². The van der Waals surface area contributed by atoms with Crippen molar-refractivity contribution in [3.63, 3.8) is 0 Å². The Kier molecular flexibility index (Phi) is 4.15. The second-order valence-corrected chi connectivity index (χ2v) is 5.03. The number of nitrogens with two attached hydrogens (primary N) is 1. The Morgan fingerprint density at radius 1 is 1.15 bits per heavy atom. The van der Waals surface area contributed by atoms with E-state index < -0.39 is 0 Å². The highest BCUT2D eigenvalue weighted by atomic mass is 32.1. The van der Waals surface area contributed by atoms with E-state index in [0.29, 0.717) is 10.6 Å². The van der Waals surface area contributed by atoms with E-state index in [-0.39, 0.29) is 5.91 Å². The van der Waals surface area contributed by atoms with Gasteiger partial charge in [-0.3, -0.25) is 4.79 Å². The molecule has 1 amide bonds. The molecule has 2 aromatic rings. The highest BCUT2D eigenvalue weighted by molar-refractivity contribution is 7.80. The number of nitrogens with zero attached hydrogens (tertiary/aromatic N) is 1. The third-order valence-electron chi connectivity index (χ3n) is 3.20. The van der Waals surface area contributed by atoms with Gasteiger partial charge < -0.3 is 10.6 Å². The van der Waals surface area contributed by atoms with Crippen molar-refractivity contribution in [3.05, 3.63) is 65.2 Å². The van der Waals surface area contributed by atoms with Crippen molar-refractivity contribution < 1.29 is 4.79 Å². The van der Waals surface area contributed by atoms with Crippen LogP contribution in [0.1, 0.15) is 21.5 Å². The molecule has 2 N–H and O–H groups in total. The van der Waals surface area contributed by atoms with Crippen LogP contribution in [0.5, 0.6) is 0 Å². The van der Waals surface area contributed by atoms with E-state index >= 15 is 0 Å². The summed E-state index contributed by atoms with van der Waals surface area (Å²) >= 11 is 4.96. The number of aryl methyl sites for hydroxylation is 1. The molecule has 0 atom stereocenters. The molecule has 20 heavy (non-hydrogen) atoms. The molecule has 102 valence electrons. The van der Waals surface area contributed by atoms with E-state index in [9.17, 15) is 4.79 Å². The van der Waals surface area contributed by atoms with Crippen molar-refractivity contribution in [3.8, 4) is 0 Å². The van der Waals surface area contributed by atoms with E-state index in [1.807, 2.05) is 55.5 Å². The maximum absolute atomic E-state index is 12.5. The van der Waals surface area contributed by atoms with E-state index in [4.69, 9.17) is 18.0 Å². The Morgan fingerprint density at radius 2 is 1.85 bits per heavy atom. The normalized spacial score (nSPS) is 10.1. The van der Waals surface area contributed by atoms with Gasteiger partial charge in [0.1, 0.15) is 4.99 Å². The second-order valence-electron chi connectivity index (χ2n) is 4.59. The molecule has 0 saturated heterocycles. The topological polar surface area (TPSA) is 46.3 Å². The summed E-state index contributed by atoms with van der Waals surface area (Å²) in [5, 5.41) is 0. The fourth-order valence-corrected chi connectivity index (χ4v) is 2.11.